The van der Waals surface area contributed by atoms with Crippen LogP contribution in [0.1, 0.15) is 12.8 Å². The number of halogens is 2. The lowest BCUT2D eigenvalue weighted by atomic mass is 10.1. The quantitative estimate of drug-likeness (QED) is 0.845. The van der Waals surface area contributed by atoms with Gasteiger partial charge in [-0.1, -0.05) is 0 Å². The van der Waals surface area contributed by atoms with E-state index in [1.54, 1.807) is 12.1 Å². The number of nitrogens with one attached hydrogen (secondary N) is 1. The SMILES string of the molecule is Cl.Fc1ccc(NC2CCOCC2)cc1. The molecule has 0 amide bonds. The zero-order valence-corrected chi connectivity index (χ0v) is 9.23. The highest BCUT2D eigenvalue weighted by Crippen LogP contribution is 2.15. The Morgan fingerprint density at radius 1 is 1.13 bits per heavy atom. The average molecular weight is 232 g/mol. The first kappa shape index (κ1) is 12.3. The first-order valence-electron chi connectivity index (χ1n) is 4.94. The van der Waals surface area contributed by atoms with E-state index in [-0.39, 0.29) is 18.2 Å². The minimum absolute atomic E-state index is 0. The van der Waals surface area contributed by atoms with Crippen molar-refractivity contribution in [1.29, 1.82) is 0 Å². The van der Waals surface area contributed by atoms with Crippen LogP contribution in [0.25, 0.3) is 0 Å². The molecule has 2 rings (SSSR count). The fourth-order valence-electron chi connectivity index (χ4n) is 1.62. The molecule has 1 aliphatic heterocycles. The molecule has 0 aromatic heterocycles. The van der Waals surface area contributed by atoms with Gasteiger partial charge >= 0.3 is 0 Å². The van der Waals surface area contributed by atoms with Crippen molar-refractivity contribution in [3.05, 3.63) is 30.1 Å². The minimum atomic E-state index is -0.192. The van der Waals surface area contributed by atoms with Crippen molar-refractivity contribution in [1.82, 2.24) is 0 Å². The minimum Gasteiger partial charge on any atom is -0.382 e. The third kappa shape index (κ3) is 3.68. The second-order valence-electron chi connectivity index (χ2n) is 3.54. The van der Waals surface area contributed by atoms with Gasteiger partial charge in [-0.15, -0.1) is 12.4 Å². The molecular formula is C11H15ClFNO. The molecule has 1 aliphatic rings. The Labute approximate surface area is 95.2 Å². The predicted molar refractivity (Wildman–Crippen MR) is 61.1 cm³/mol. The number of anilines is 1. The standard InChI is InChI=1S/C11H14FNO.ClH/c12-9-1-3-10(4-2-9)13-11-5-7-14-8-6-11;/h1-4,11,13H,5-8H2;1H. The fourth-order valence-corrected chi connectivity index (χ4v) is 1.62. The van der Waals surface area contributed by atoms with Gasteiger partial charge in [-0.2, -0.15) is 0 Å². The second kappa shape index (κ2) is 5.93. The van der Waals surface area contributed by atoms with Crippen LogP contribution in [0.3, 0.4) is 0 Å². The topological polar surface area (TPSA) is 21.3 Å². The number of benzene rings is 1. The number of hydrogen-bond donors (Lipinski definition) is 1. The summed E-state index contributed by atoms with van der Waals surface area (Å²) in [6, 6.07) is 6.95. The van der Waals surface area contributed by atoms with E-state index < -0.39 is 0 Å². The van der Waals surface area contributed by atoms with Gasteiger partial charge < -0.3 is 10.1 Å². The number of rotatable bonds is 2. The van der Waals surface area contributed by atoms with E-state index in [4.69, 9.17) is 4.74 Å². The second-order valence-corrected chi connectivity index (χ2v) is 3.54. The lowest BCUT2D eigenvalue weighted by molar-refractivity contribution is 0.0904. The molecule has 1 heterocycles. The predicted octanol–water partition coefficient (Wildman–Crippen LogP) is 2.84. The highest BCUT2D eigenvalue weighted by atomic mass is 35.5. The van der Waals surface area contributed by atoms with Crippen LogP contribution in [0.5, 0.6) is 0 Å². The van der Waals surface area contributed by atoms with Gasteiger partial charge in [-0.25, -0.2) is 4.39 Å². The monoisotopic (exact) mass is 231 g/mol. The molecule has 0 radical (unpaired) electrons. The summed E-state index contributed by atoms with van der Waals surface area (Å²) in [5, 5.41) is 3.36. The van der Waals surface area contributed by atoms with Crippen LogP contribution in [0.4, 0.5) is 10.1 Å². The van der Waals surface area contributed by atoms with E-state index in [1.165, 1.54) is 12.1 Å². The Kier molecular flexibility index (Phi) is 4.85. The van der Waals surface area contributed by atoms with Crippen molar-refractivity contribution in [2.75, 3.05) is 18.5 Å². The lowest BCUT2D eigenvalue weighted by Gasteiger charge is -2.24. The maximum absolute atomic E-state index is 12.6. The Bertz CT molecular complexity index is 285. The first-order valence-corrected chi connectivity index (χ1v) is 4.94. The van der Waals surface area contributed by atoms with E-state index in [0.717, 1.165) is 31.7 Å². The Morgan fingerprint density at radius 3 is 2.33 bits per heavy atom. The molecule has 0 bridgehead atoms. The van der Waals surface area contributed by atoms with Crippen molar-refractivity contribution >= 4 is 18.1 Å². The maximum Gasteiger partial charge on any atom is 0.123 e. The zero-order valence-electron chi connectivity index (χ0n) is 8.41. The number of hydrogen-bond acceptors (Lipinski definition) is 2. The van der Waals surface area contributed by atoms with E-state index in [2.05, 4.69) is 5.32 Å². The Hall–Kier alpha value is -0.800. The third-order valence-corrected chi connectivity index (χ3v) is 2.44. The smallest absolute Gasteiger partial charge is 0.123 e. The molecular weight excluding hydrogens is 217 g/mol. The number of ether oxygens (including phenoxy) is 1. The van der Waals surface area contributed by atoms with E-state index >= 15 is 0 Å². The largest absolute Gasteiger partial charge is 0.382 e. The van der Waals surface area contributed by atoms with Gasteiger partial charge in [0, 0.05) is 24.9 Å². The van der Waals surface area contributed by atoms with Crippen LogP contribution >= 0.6 is 12.4 Å². The van der Waals surface area contributed by atoms with Crippen LogP contribution in [0, 0.1) is 5.82 Å². The van der Waals surface area contributed by atoms with Gasteiger partial charge in [0.25, 0.3) is 0 Å². The molecule has 1 fully saturated rings. The normalized spacial score (nSPS) is 16.9. The maximum atomic E-state index is 12.6. The zero-order chi connectivity index (χ0) is 9.80. The molecule has 4 heteroatoms. The molecule has 0 aliphatic carbocycles. The van der Waals surface area contributed by atoms with E-state index in [1.807, 2.05) is 0 Å². The molecule has 84 valence electrons. The van der Waals surface area contributed by atoms with Gasteiger partial charge in [0.1, 0.15) is 5.82 Å². The molecule has 2 nitrogen and oxygen atoms in total. The lowest BCUT2D eigenvalue weighted by Crippen LogP contribution is -2.27. The van der Waals surface area contributed by atoms with Gasteiger partial charge in [-0.05, 0) is 37.1 Å². The van der Waals surface area contributed by atoms with Crippen molar-refractivity contribution in [3.63, 3.8) is 0 Å². The summed E-state index contributed by atoms with van der Waals surface area (Å²) in [7, 11) is 0. The van der Waals surface area contributed by atoms with Gasteiger partial charge in [-0.3, -0.25) is 0 Å². The van der Waals surface area contributed by atoms with Crippen molar-refractivity contribution < 1.29 is 9.13 Å². The highest BCUT2D eigenvalue weighted by molar-refractivity contribution is 5.85. The van der Waals surface area contributed by atoms with Crippen LogP contribution in [0.15, 0.2) is 24.3 Å². The van der Waals surface area contributed by atoms with Crippen molar-refractivity contribution in [3.8, 4) is 0 Å². The summed E-state index contributed by atoms with van der Waals surface area (Å²) < 4.78 is 17.9. The Balaban J connectivity index is 0.00000112. The first-order chi connectivity index (χ1) is 6.84. The van der Waals surface area contributed by atoms with Gasteiger partial charge in [0.05, 0.1) is 0 Å². The van der Waals surface area contributed by atoms with Crippen LogP contribution < -0.4 is 5.32 Å². The molecule has 1 aromatic carbocycles. The molecule has 0 atom stereocenters. The van der Waals surface area contributed by atoms with E-state index in [9.17, 15) is 4.39 Å². The third-order valence-electron chi connectivity index (χ3n) is 2.44. The molecule has 15 heavy (non-hydrogen) atoms. The molecule has 1 saturated heterocycles. The fraction of sp³-hybridized carbons (Fsp3) is 0.455. The van der Waals surface area contributed by atoms with Crippen LogP contribution in [-0.4, -0.2) is 19.3 Å². The summed E-state index contributed by atoms with van der Waals surface area (Å²) in [4.78, 5) is 0. The summed E-state index contributed by atoms with van der Waals surface area (Å²) in [6.07, 6.45) is 2.05. The van der Waals surface area contributed by atoms with Crippen molar-refractivity contribution in [2.24, 2.45) is 0 Å². The van der Waals surface area contributed by atoms with Crippen LogP contribution in [0.2, 0.25) is 0 Å². The van der Waals surface area contributed by atoms with Gasteiger partial charge in [0.2, 0.25) is 0 Å². The highest BCUT2D eigenvalue weighted by Gasteiger charge is 2.12. The molecule has 0 saturated carbocycles. The molecule has 1 aromatic rings. The summed E-state index contributed by atoms with van der Waals surface area (Å²) >= 11 is 0. The summed E-state index contributed by atoms with van der Waals surface area (Å²) in [6.45, 7) is 1.64. The molecule has 0 unspecified atom stereocenters. The molecule has 0 spiro atoms. The van der Waals surface area contributed by atoms with Crippen molar-refractivity contribution in [2.45, 2.75) is 18.9 Å². The van der Waals surface area contributed by atoms with Gasteiger partial charge in [0.15, 0.2) is 0 Å². The summed E-state index contributed by atoms with van der Waals surface area (Å²) in [5.74, 6) is -0.192. The van der Waals surface area contributed by atoms with E-state index in [0.29, 0.717) is 6.04 Å². The summed E-state index contributed by atoms with van der Waals surface area (Å²) in [5.41, 5.74) is 0.985. The Morgan fingerprint density at radius 2 is 1.73 bits per heavy atom. The average Bonchev–Trinajstić information content (AvgIpc) is 2.23. The molecule has 1 N–H and O–H groups in total. The van der Waals surface area contributed by atoms with Crippen LogP contribution in [-0.2, 0) is 4.74 Å².